The molecule has 1 aliphatic rings. The molecule has 2 N–H and O–H groups in total. The van der Waals surface area contributed by atoms with Gasteiger partial charge < -0.3 is 20.1 Å². The third-order valence-corrected chi connectivity index (χ3v) is 3.10. The lowest BCUT2D eigenvalue weighted by atomic mass is 10.2. The lowest BCUT2D eigenvalue weighted by Crippen LogP contribution is -2.46. The van der Waals surface area contributed by atoms with E-state index < -0.39 is 12.0 Å². The molecule has 1 heterocycles. The van der Waals surface area contributed by atoms with E-state index in [0.717, 1.165) is 32.3 Å². The van der Waals surface area contributed by atoms with E-state index in [9.17, 15) is 9.59 Å². The van der Waals surface area contributed by atoms with E-state index in [0.29, 0.717) is 19.5 Å². The van der Waals surface area contributed by atoms with Crippen LogP contribution in [0.2, 0.25) is 0 Å². The standard InChI is InChI=1S/C12H22N2O4/c1-18-9-4-2-3-7-13-12(17)14-8-5-6-10(14)11(15)16/h10H,2-9H2,1H3,(H,13,17)(H,15,16)/t10-/m0/s1. The molecule has 2 amide bonds. The van der Waals surface area contributed by atoms with Crippen molar-refractivity contribution >= 4 is 12.0 Å². The smallest absolute Gasteiger partial charge is 0.326 e. The van der Waals surface area contributed by atoms with Crippen LogP contribution in [0.3, 0.4) is 0 Å². The molecule has 0 aromatic carbocycles. The van der Waals surface area contributed by atoms with Gasteiger partial charge in [0.1, 0.15) is 6.04 Å². The number of aliphatic carboxylic acids is 1. The van der Waals surface area contributed by atoms with Crippen molar-refractivity contribution in [3.63, 3.8) is 0 Å². The lowest BCUT2D eigenvalue weighted by Gasteiger charge is -2.21. The van der Waals surface area contributed by atoms with Crippen LogP contribution in [0.25, 0.3) is 0 Å². The Bertz CT molecular complexity index is 283. The summed E-state index contributed by atoms with van der Waals surface area (Å²) in [7, 11) is 1.67. The molecule has 6 nitrogen and oxygen atoms in total. The van der Waals surface area contributed by atoms with Gasteiger partial charge in [-0.15, -0.1) is 0 Å². The van der Waals surface area contributed by atoms with Gasteiger partial charge in [-0.1, -0.05) is 0 Å². The quantitative estimate of drug-likeness (QED) is 0.669. The van der Waals surface area contributed by atoms with Crippen LogP contribution in [0.15, 0.2) is 0 Å². The third-order valence-electron chi connectivity index (χ3n) is 3.10. The summed E-state index contributed by atoms with van der Waals surface area (Å²) in [5.74, 6) is -0.914. The zero-order valence-corrected chi connectivity index (χ0v) is 10.9. The minimum absolute atomic E-state index is 0.258. The predicted molar refractivity (Wildman–Crippen MR) is 66.5 cm³/mol. The summed E-state index contributed by atoms with van der Waals surface area (Å²) in [6, 6.07) is -0.912. The fraction of sp³-hybridized carbons (Fsp3) is 0.833. The number of urea groups is 1. The van der Waals surface area contributed by atoms with Gasteiger partial charge in [0.25, 0.3) is 0 Å². The highest BCUT2D eigenvalue weighted by molar-refractivity contribution is 5.83. The van der Waals surface area contributed by atoms with Crippen LogP contribution in [0.5, 0.6) is 0 Å². The minimum atomic E-state index is -0.914. The maximum Gasteiger partial charge on any atom is 0.326 e. The Kier molecular flexibility index (Phi) is 6.49. The van der Waals surface area contributed by atoms with E-state index in [1.807, 2.05) is 0 Å². The summed E-state index contributed by atoms with van der Waals surface area (Å²) >= 11 is 0. The first-order valence-electron chi connectivity index (χ1n) is 6.43. The van der Waals surface area contributed by atoms with Crippen molar-refractivity contribution in [2.75, 3.05) is 26.8 Å². The number of nitrogens with one attached hydrogen (secondary N) is 1. The molecular weight excluding hydrogens is 236 g/mol. The van der Waals surface area contributed by atoms with Crippen molar-refractivity contribution in [1.82, 2.24) is 10.2 Å². The Hall–Kier alpha value is -1.30. The van der Waals surface area contributed by atoms with Crippen molar-refractivity contribution in [3.8, 4) is 0 Å². The molecule has 104 valence electrons. The van der Waals surface area contributed by atoms with Crippen LogP contribution in [-0.4, -0.2) is 54.9 Å². The van der Waals surface area contributed by atoms with Crippen molar-refractivity contribution in [2.24, 2.45) is 0 Å². The van der Waals surface area contributed by atoms with E-state index in [-0.39, 0.29) is 6.03 Å². The highest BCUT2D eigenvalue weighted by Gasteiger charge is 2.33. The number of carbonyl (C=O) groups is 2. The number of hydrogen-bond donors (Lipinski definition) is 2. The molecule has 1 aliphatic heterocycles. The normalized spacial score (nSPS) is 18.9. The first-order valence-corrected chi connectivity index (χ1v) is 6.43. The zero-order valence-electron chi connectivity index (χ0n) is 10.9. The first kappa shape index (κ1) is 14.8. The second kappa shape index (κ2) is 7.92. The van der Waals surface area contributed by atoms with Gasteiger partial charge in [-0.05, 0) is 32.1 Å². The van der Waals surface area contributed by atoms with E-state index in [1.54, 1.807) is 7.11 Å². The number of rotatable bonds is 7. The maximum absolute atomic E-state index is 11.8. The van der Waals surface area contributed by atoms with Crippen LogP contribution >= 0.6 is 0 Å². The molecule has 0 aromatic heterocycles. The molecule has 1 rings (SSSR count). The van der Waals surface area contributed by atoms with Crippen LogP contribution in [-0.2, 0) is 9.53 Å². The SMILES string of the molecule is COCCCCCNC(=O)N1CCC[C@H]1C(=O)O. The number of amides is 2. The molecular formula is C12H22N2O4. The van der Waals surface area contributed by atoms with E-state index in [4.69, 9.17) is 9.84 Å². The summed E-state index contributed by atoms with van der Waals surface area (Å²) in [6.45, 7) is 1.86. The first-order chi connectivity index (χ1) is 8.66. The van der Waals surface area contributed by atoms with Gasteiger partial charge in [-0.2, -0.15) is 0 Å². The number of unbranched alkanes of at least 4 members (excludes halogenated alkanes) is 2. The van der Waals surface area contributed by atoms with Crippen LogP contribution in [0, 0.1) is 0 Å². The Morgan fingerprint density at radius 2 is 2.17 bits per heavy atom. The number of ether oxygens (including phenoxy) is 1. The highest BCUT2D eigenvalue weighted by Crippen LogP contribution is 2.17. The molecule has 1 fully saturated rings. The van der Waals surface area contributed by atoms with Crippen molar-refractivity contribution in [1.29, 1.82) is 0 Å². The molecule has 0 saturated carbocycles. The fourth-order valence-electron chi connectivity index (χ4n) is 2.11. The largest absolute Gasteiger partial charge is 0.480 e. The van der Waals surface area contributed by atoms with E-state index in [1.165, 1.54) is 4.90 Å². The fourth-order valence-corrected chi connectivity index (χ4v) is 2.11. The molecule has 1 saturated heterocycles. The predicted octanol–water partition coefficient (Wildman–Crippen LogP) is 1.06. The molecule has 6 heteroatoms. The molecule has 1 atom stereocenters. The number of hydrogen-bond acceptors (Lipinski definition) is 3. The zero-order chi connectivity index (χ0) is 13.4. The Morgan fingerprint density at radius 3 is 2.83 bits per heavy atom. The van der Waals surface area contributed by atoms with Crippen molar-refractivity contribution in [3.05, 3.63) is 0 Å². The van der Waals surface area contributed by atoms with Gasteiger partial charge in [0.05, 0.1) is 0 Å². The van der Waals surface area contributed by atoms with Gasteiger partial charge in [0.2, 0.25) is 0 Å². The molecule has 0 spiro atoms. The number of methoxy groups -OCH3 is 1. The molecule has 18 heavy (non-hydrogen) atoms. The number of likely N-dealkylation sites (tertiary alicyclic amines) is 1. The van der Waals surface area contributed by atoms with Crippen LogP contribution in [0.4, 0.5) is 4.79 Å². The van der Waals surface area contributed by atoms with Crippen molar-refractivity contribution in [2.45, 2.75) is 38.1 Å². The number of nitrogens with zero attached hydrogens (tertiary/aromatic N) is 1. The average Bonchev–Trinajstić information content (AvgIpc) is 2.82. The van der Waals surface area contributed by atoms with Gasteiger partial charge in [0.15, 0.2) is 0 Å². The summed E-state index contributed by atoms with van der Waals surface area (Å²) in [5.41, 5.74) is 0. The van der Waals surface area contributed by atoms with E-state index >= 15 is 0 Å². The Labute approximate surface area is 107 Å². The van der Waals surface area contributed by atoms with Crippen LogP contribution in [0.1, 0.15) is 32.1 Å². The van der Waals surface area contributed by atoms with Gasteiger partial charge in [0, 0.05) is 26.8 Å². The second-order valence-electron chi connectivity index (χ2n) is 4.48. The summed E-state index contributed by atoms with van der Waals surface area (Å²) < 4.78 is 4.93. The second-order valence-corrected chi connectivity index (χ2v) is 4.48. The monoisotopic (exact) mass is 258 g/mol. The van der Waals surface area contributed by atoms with Gasteiger partial charge in [-0.3, -0.25) is 0 Å². The molecule has 0 radical (unpaired) electrons. The third kappa shape index (κ3) is 4.52. The highest BCUT2D eigenvalue weighted by atomic mass is 16.5. The summed E-state index contributed by atoms with van der Waals surface area (Å²) in [6.07, 6.45) is 4.18. The van der Waals surface area contributed by atoms with E-state index in [2.05, 4.69) is 5.32 Å². The van der Waals surface area contributed by atoms with Gasteiger partial charge in [-0.25, -0.2) is 9.59 Å². The Balaban J connectivity index is 2.18. The van der Waals surface area contributed by atoms with Crippen molar-refractivity contribution < 1.29 is 19.4 Å². The molecule has 0 bridgehead atoms. The number of carboxylic acid groups (broad SMARTS) is 1. The summed E-state index contributed by atoms with van der Waals surface area (Å²) in [4.78, 5) is 24.1. The molecule has 0 unspecified atom stereocenters. The Morgan fingerprint density at radius 1 is 1.39 bits per heavy atom. The minimum Gasteiger partial charge on any atom is -0.480 e. The molecule has 0 aromatic rings. The topological polar surface area (TPSA) is 78.9 Å². The molecule has 0 aliphatic carbocycles. The summed E-state index contributed by atoms with van der Waals surface area (Å²) in [5, 5.41) is 11.7. The number of carbonyl (C=O) groups excluding carboxylic acids is 1. The lowest BCUT2D eigenvalue weighted by molar-refractivity contribution is -0.141. The average molecular weight is 258 g/mol. The van der Waals surface area contributed by atoms with Gasteiger partial charge >= 0.3 is 12.0 Å². The maximum atomic E-state index is 11.8. The number of carboxylic acids is 1. The van der Waals surface area contributed by atoms with Crippen LogP contribution < -0.4 is 5.32 Å².